The highest BCUT2D eigenvalue weighted by atomic mass is 16.5. The smallest absolute Gasteiger partial charge is 0.183 e. The molecular weight excluding hydrogens is 340 g/mol. The third kappa shape index (κ3) is 3.46. The van der Waals surface area contributed by atoms with Gasteiger partial charge in [0.05, 0.1) is 32.3 Å². The average Bonchev–Trinajstić information content (AvgIpc) is 3.26. The van der Waals surface area contributed by atoms with Crippen LogP contribution < -0.4 is 0 Å². The Hall–Kier alpha value is -1.98. The quantitative estimate of drug-likeness (QED) is 0.684. The lowest BCUT2D eigenvalue weighted by atomic mass is 10.2. The number of morpholine rings is 1. The molecule has 0 aromatic carbocycles. The summed E-state index contributed by atoms with van der Waals surface area (Å²) >= 11 is 0. The molecule has 0 aliphatic carbocycles. The number of hydrogen-bond donors (Lipinski definition) is 2. The van der Waals surface area contributed by atoms with Crippen LogP contribution in [0.3, 0.4) is 0 Å². The highest BCUT2D eigenvalue weighted by Crippen LogP contribution is 2.31. The molecule has 2 fully saturated rings. The standard InChI is InChI=1S/C16H22N6O4/c23-8-12-11(24)7-13(26-12)22-10-20-14-15(18-9-19-16(14)22)17-1-2-21-3-5-25-6-4-21/h1,9-13,23-24H,2-8H2/t11?,12-,13-/m1/s1. The van der Waals surface area contributed by atoms with Gasteiger partial charge in [-0.05, 0) is 0 Å². The Bertz CT molecular complexity index is 775. The van der Waals surface area contributed by atoms with Crippen molar-refractivity contribution in [2.45, 2.75) is 24.9 Å². The monoisotopic (exact) mass is 362 g/mol. The molecule has 2 aromatic heterocycles. The molecule has 4 rings (SSSR count). The summed E-state index contributed by atoms with van der Waals surface area (Å²) in [5.74, 6) is 0.499. The van der Waals surface area contributed by atoms with E-state index in [1.165, 1.54) is 6.33 Å². The summed E-state index contributed by atoms with van der Waals surface area (Å²) in [6.45, 7) is 3.79. The first-order chi connectivity index (χ1) is 12.8. The predicted octanol–water partition coefficient (Wildman–Crippen LogP) is -0.498. The van der Waals surface area contributed by atoms with Crippen LogP contribution in [-0.2, 0) is 9.47 Å². The third-order valence-corrected chi connectivity index (χ3v) is 4.69. The van der Waals surface area contributed by atoms with E-state index in [4.69, 9.17) is 9.47 Å². The van der Waals surface area contributed by atoms with Gasteiger partial charge in [0.2, 0.25) is 0 Å². The minimum absolute atomic E-state index is 0.226. The molecule has 2 N–H and O–H groups in total. The Balaban J connectivity index is 1.52. The van der Waals surface area contributed by atoms with Crippen LogP contribution in [0.25, 0.3) is 11.2 Å². The number of ether oxygens (including phenoxy) is 2. The van der Waals surface area contributed by atoms with Crippen molar-refractivity contribution in [1.29, 1.82) is 0 Å². The molecule has 3 atom stereocenters. The first-order valence-corrected chi connectivity index (χ1v) is 8.71. The predicted molar refractivity (Wildman–Crippen MR) is 92.4 cm³/mol. The van der Waals surface area contributed by atoms with Gasteiger partial charge in [0.15, 0.2) is 17.0 Å². The molecule has 0 amide bonds. The molecule has 0 bridgehead atoms. The molecule has 0 saturated carbocycles. The van der Waals surface area contributed by atoms with E-state index in [9.17, 15) is 10.2 Å². The Labute approximate surface area is 150 Å². The molecule has 2 aliphatic heterocycles. The van der Waals surface area contributed by atoms with Gasteiger partial charge < -0.3 is 19.7 Å². The topological polar surface area (TPSA) is 118 Å². The Kier molecular flexibility index (Phi) is 5.18. The molecular formula is C16H22N6O4. The van der Waals surface area contributed by atoms with Crippen molar-refractivity contribution < 1.29 is 19.7 Å². The second-order valence-electron chi connectivity index (χ2n) is 6.36. The van der Waals surface area contributed by atoms with Gasteiger partial charge in [-0.2, -0.15) is 0 Å². The minimum Gasteiger partial charge on any atom is -0.394 e. The number of aromatic nitrogens is 4. The molecule has 10 nitrogen and oxygen atoms in total. The summed E-state index contributed by atoms with van der Waals surface area (Å²) in [6, 6.07) is 0. The van der Waals surface area contributed by atoms with E-state index in [1.54, 1.807) is 10.9 Å². The molecule has 10 heteroatoms. The fourth-order valence-electron chi connectivity index (χ4n) is 3.22. The Morgan fingerprint density at radius 2 is 2.12 bits per heavy atom. The van der Waals surface area contributed by atoms with Crippen LogP contribution in [0.15, 0.2) is 17.6 Å². The number of nitrogens with zero attached hydrogens (tertiary/aromatic N) is 6. The lowest BCUT2D eigenvalue weighted by molar-refractivity contribution is -0.0432. The van der Waals surface area contributed by atoms with Crippen molar-refractivity contribution >= 4 is 23.2 Å². The first kappa shape index (κ1) is 17.4. The lowest BCUT2D eigenvalue weighted by Gasteiger charge is -2.24. The molecule has 4 heterocycles. The number of aliphatic hydroxyl groups excluding tert-OH is 2. The molecule has 140 valence electrons. The zero-order valence-corrected chi connectivity index (χ0v) is 14.3. The van der Waals surface area contributed by atoms with Crippen LogP contribution in [0.4, 0.5) is 5.82 Å². The van der Waals surface area contributed by atoms with E-state index in [-0.39, 0.29) is 6.61 Å². The molecule has 0 spiro atoms. The number of rotatable bonds is 5. The molecule has 1 unspecified atom stereocenters. The summed E-state index contributed by atoms with van der Waals surface area (Å²) < 4.78 is 12.8. The molecule has 0 radical (unpaired) electrons. The van der Waals surface area contributed by atoms with Gasteiger partial charge in [0.1, 0.15) is 18.7 Å². The number of fused-ring (bicyclic) bond motifs is 1. The fraction of sp³-hybridized carbons (Fsp3) is 0.625. The van der Waals surface area contributed by atoms with Crippen molar-refractivity contribution in [3.8, 4) is 0 Å². The van der Waals surface area contributed by atoms with Gasteiger partial charge in [-0.25, -0.2) is 19.9 Å². The zero-order chi connectivity index (χ0) is 17.9. The van der Waals surface area contributed by atoms with Crippen LogP contribution in [-0.4, -0.2) is 92.5 Å². The van der Waals surface area contributed by atoms with Crippen LogP contribution in [0.1, 0.15) is 12.6 Å². The number of aliphatic hydroxyl groups is 2. The third-order valence-electron chi connectivity index (χ3n) is 4.69. The maximum absolute atomic E-state index is 9.94. The van der Waals surface area contributed by atoms with Crippen LogP contribution >= 0.6 is 0 Å². The molecule has 2 aliphatic rings. The molecule has 2 aromatic rings. The van der Waals surface area contributed by atoms with Gasteiger partial charge in [-0.3, -0.25) is 9.47 Å². The summed E-state index contributed by atoms with van der Waals surface area (Å²) in [5, 5.41) is 19.2. The van der Waals surface area contributed by atoms with Crippen LogP contribution in [0.5, 0.6) is 0 Å². The Morgan fingerprint density at radius 1 is 1.27 bits per heavy atom. The number of imidazole rings is 1. The second kappa shape index (κ2) is 7.72. The van der Waals surface area contributed by atoms with Gasteiger partial charge in [0, 0.05) is 32.3 Å². The summed E-state index contributed by atoms with van der Waals surface area (Å²) in [5.41, 5.74) is 1.17. The van der Waals surface area contributed by atoms with Crippen molar-refractivity contribution in [1.82, 2.24) is 24.4 Å². The van der Waals surface area contributed by atoms with E-state index in [2.05, 4.69) is 24.8 Å². The van der Waals surface area contributed by atoms with Crippen molar-refractivity contribution in [2.24, 2.45) is 4.99 Å². The van der Waals surface area contributed by atoms with Crippen molar-refractivity contribution in [3.05, 3.63) is 12.7 Å². The van der Waals surface area contributed by atoms with Gasteiger partial charge in [0.25, 0.3) is 0 Å². The van der Waals surface area contributed by atoms with E-state index in [1.807, 2.05) is 6.21 Å². The SMILES string of the molecule is OC[C@H]1O[C@@H](n2cnc3c(N=CCN4CCOCC4)ncnc32)CC1O. The number of aliphatic imine (C=N–C) groups is 1. The second-order valence-corrected chi connectivity index (χ2v) is 6.36. The first-order valence-electron chi connectivity index (χ1n) is 8.71. The summed E-state index contributed by atoms with van der Waals surface area (Å²) in [4.78, 5) is 19.6. The maximum Gasteiger partial charge on any atom is 0.183 e. The zero-order valence-electron chi connectivity index (χ0n) is 14.3. The van der Waals surface area contributed by atoms with Crippen LogP contribution in [0.2, 0.25) is 0 Å². The molecule has 2 saturated heterocycles. The van der Waals surface area contributed by atoms with Gasteiger partial charge >= 0.3 is 0 Å². The maximum atomic E-state index is 9.94. The fourth-order valence-corrected chi connectivity index (χ4v) is 3.22. The van der Waals surface area contributed by atoms with E-state index < -0.39 is 18.4 Å². The van der Waals surface area contributed by atoms with Crippen LogP contribution in [0, 0.1) is 0 Å². The normalized spacial score (nSPS) is 27.7. The van der Waals surface area contributed by atoms with Gasteiger partial charge in [-0.15, -0.1) is 0 Å². The highest BCUT2D eigenvalue weighted by molar-refractivity contribution is 5.83. The van der Waals surface area contributed by atoms with Gasteiger partial charge in [-0.1, -0.05) is 0 Å². The van der Waals surface area contributed by atoms with Crippen molar-refractivity contribution in [2.75, 3.05) is 39.5 Å². The highest BCUT2D eigenvalue weighted by Gasteiger charge is 2.35. The van der Waals surface area contributed by atoms with E-state index in [0.717, 1.165) is 32.8 Å². The molecule has 26 heavy (non-hydrogen) atoms. The number of hydrogen-bond acceptors (Lipinski definition) is 9. The summed E-state index contributed by atoms with van der Waals surface area (Å²) in [7, 11) is 0. The van der Waals surface area contributed by atoms with E-state index in [0.29, 0.717) is 23.4 Å². The lowest BCUT2D eigenvalue weighted by Crippen LogP contribution is -2.37. The van der Waals surface area contributed by atoms with E-state index >= 15 is 0 Å². The Morgan fingerprint density at radius 3 is 2.88 bits per heavy atom. The average molecular weight is 362 g/mol. The minimum atomic E-state index is -0.713. The largest absolute Gasteiger partial charge is 0.394 e. The summed E-state index contributed by atoms with van der Waals surface area (Å²) in [6.07, 6.45) is 3.52. The van der Waals surface area contributed by atoms with Crippen molar-refractivity contribution in [3.63, 3.8) is 0 Å².